The fourth-order valence-electron chi connectivity index (χ4n) is 4.05. The standard InChI is InChI=1S/C25H26ClN5O2/c26-21-9-5-4-6-19(21)17-29-12-14-30(15-13-29)25(33)22-16-23(27-24(32)18-10-11-18)31(28-22)20-7-2-1-3-8-20/h1-9,16,18H,10-15,17H2,(H,27,32). The Morgan fingerprint density at radius 1 is 0.970 bits per heavy atom. The minimum atomic E-state index is -0.121. The molecule has 2 amide bonds. The van der Waals surface area contributed by atoms with E-state index in [0.717, 1.165) is 48.7 Å². The van der Waals surface area contributed by atoms with Gasteiger partial charge in [0.2, 0.25) is 5.91 Å². The lowest BCUT2D eigenvalue weighted by molar-refractivity contribution is -0.117. The Morgan fingerprint density at radius 3 is 2.36 bits per heavy atom. The van der Waals surface area contributed by atoms with Crippen LogP contribution in [0.25, 0.3) is 5.69 Å². The maximum Gasteiger partial charge on any atom is 0.274 e. The maximum absolute atomic E-state index is 13.2. The Labute approximate surface area is 197 Å². The van der Waals surface area contributed by atoms with E-state index >= 15 is 0 Å². The highest BCUT2D eigenvalue weighted by molar-refractivity contribution is 6.31. The summed E-state index contributed by atoms with van der Waals surface area (Å²) in [5.74, 6) is 0.455. The molecule has 2 heterocycles. The molecule has 1 aliphatic carbocycles. The summed E-state index contributed by atoms with van der Waals surface area (Å²) in [6, 6.07) is 19.1. The molecule has 0 bridgehead atoms. The molecule has 1 saturated carbocycles. The first-order valence-electron chi connectivity index (χ1n) is 11.3. The summed E-state index contributed by atoms with van der Waals surface area (Å²) in [6.07, 6.45) is 1.82. The van der Waals surface area contributed by atoms with E-state index in [1.165, 1.54) is 0 Å². The van der Waals surface area contributed by atoms with Crippen LogP contribution in [0.4, 0.5) is 5.82 Å². The Bertz CT molecular complexity index is 1150. The van der Waals surface area contributed by atoms with Crippen LogP contribution in [0, 0.1) is 5.92 Å². The number of carbonyl (C=O) groups is 2. The molecule has 2 aliphatic rings. The lowest BCUT2D eigenvalue weighted by Gasteiger charge is -2.34. The molecule has 2 fully saturated rings. The molecular weight excluding hydrogens is 438 g/mol. The third kappa shape index (κ3) is 4.94. The van der Waals surface area contributed by atoms with Gasteiger partial charge in [0.05, 0.1) is 5.69 Å². The Balaban J connectivity index is 1.29. The number of hydrogen-bond donors (Lipinski definition) is 1. The summed E-state index contributed by atoms with van der Waals surface area (Å²) in [7, 11) is 0. The lowest BCUT2D eigenvalue weighted by atomic mass is 10.2. The zero-order valence-electron chi connectivity index (χ0n) is 18.3. The van der Waals surface area contributed by atoms with Crippen molar-refractivity contribution in [3.8, 4) is 5.69 Å². The van der Waals surface area contributed by atoms with Crippen LogP contribution in [0.2, 0.25) is 5.02 Å². The predicted molar refractivity (Wildman–Crippen MR) is 128 cm³/mol. The Kier molecular flexibility index (Phi) is 6.15. The molecule has 2 aromatic carbocycles. The van der Waals surface area contributed by atoms with Crippen molar-refractivity contribution in [2.45, 2.75) is 19.4 Å². The van der Waals surface area contributed by atoms with Crippen molar-refractivity contribution in [1.82, 2.24) is 19.6 Å². The lowest BCUT2D eigenvalue weighted by Crippen LogP contribution is -2.48. The molecule has 1 saturated heterocycles. The van der Waals surface area contributed by atoms with E-state index < -0.39 is 0 Å². The third-order valence-electron chi connectivity index (χ3n) is 6.14. The van der Waals surface area contributed by atoms with E-state index in [1.807, 2.05) is 59.5 Å². The molecule has 0 radical (unpaired) electrons. The normalized spacial score (nSPS) is 16.6. The molecule has 5 rings (SSSR count). The van der Waals surface area contributed by atoms with Crippen LogP contribution in [0.5, 0.6) is 0 Å². The molecular formula is C25H26ClN5O2. The van der Waals surface area contributed by atoms with Gasteiger partial charge in [-0.1, -0.05) is 48.0 Å². The zero-order valence-corrected chi connectivity index (χ0v) is 19.0. The Hall–Kier alpha value is -3.16. The quantitative estimate of drug-likeness (QED) is 0.603. The van der Waals surface area contributed by atoms with Gasteiger partial charge in [0.15, 0.2) is 5.69 Å². The second-order valence-corrected chi connectivity index (χ2v) is 8.99. The van der Waals surface area contributed by atoms with Gasteiger partial charge in [-0.2, -0.15) is 5.10 Å². The summed E-state index contributed by atoms with van der Waals surface area (Å²) in [5, 5.41) is 8.29. The number of benzene rings is 2. The van der Waals surface area contributed by atoms with Crippen LogP contribution in [0.15, 0.2) is 60.7 Å². The molecule has 0 atom stereocenters. The minimum absolute atomic E-state index is 0.0146. The average molecular weight is 464 g/mol. The van der Waals surface area contributed by atoms with E-state index in [0.29, 0.717) is 24.6 Å². The molecule has 8 heteroatoms. The number of rotatable bonds is 6. The van der Waals surface area contributed by atoms with Gasteiger partial charge in [0, 0.05) is 49.7 Å². The average Bonchev–Trinajstić information content (AvgIpc) is 3.62. The zero-order chi connectivity index (χ0) is 22.8. The first kappa shape index (κ1) is 21.7. The molecule has 3 aromatic rings. The van der Waals surface area contributed by atoms with E-state index in [1.54, 1.807) is 10.7 Å². The minimum Gasteiger partial charge on any atom is -0.335 e. The number of carbonyl (C=O) groups excluding carboxylic acids is 2. The fourth-order valence-corrected chi connectivity index (χ4v) is 4.25. The number of para-hydroxylation sites is 1. The van der Waals surface area contributed by atoms with E-state index in [4.69, 9.17) is 11.6 Å². The molecule has 7 nitrogen and oxygen atoms in total. The van der Waals surface area contributed by atoms with Crippen molar-refractivity contribution in [2.75, 3.05) is 31.5 Å². The topological polar surface area (TPSA) is 70.5 Å². The van der Waals surface area contributed by atoms with E-state index in [2.05, 4.69) is 15.3 Å². The SMILES string of the molecule is O=C(Nc1cc(C(=O)N2CCN(Cc3ccccc3Cl)CC2)nn1-c1ccccc1)C1CC1. The number of hydrogen-bond acceptors (Lipinski definition) is 4. The molecule has 0 unspecified atom stereocenters. The highest BCUT2D eigenvalue weighted by Crippen LogP contribution is 2.31. The van der Waals surface area contributed by atoms with Gasteiger partial charge >= 0.3 is 0 Å². The van der Waals surface area contributed by atoms with Crippen molar-refractivity contribution in [3.05, 3.63) is 76.9 Å². The number of amides is 2. The second-order valence-electron chi connectivity index (χ2n) is 8.59. The highest BCUT2D eigenvalue weighted by Gasteiger charge is 2.31. The van der Waals surface area contributed by atoms with Crippen molar-refractivity contribution < 1.29 is 9.59 Å². The second kappa shape index (κ2) is 9.37. The number of anilines is 1. The first-order valence-corrected chi connectivity index (χ1v) is 11.7. The van der Waals surface area contributed by atoms with Crippen molar-refractivity contribution in [1.29, 1.82) is 0 Å². The largest absolute Gasteiger partial charge is 0.335 e. The van der Waals surface area contributed by atoms with Gasteiger partial charge in [-0.15, -0.1) is 0 Å². The van der Waals surface area contributed by atoms with Gasteiger partial charge < -0.3 is 10.2 Å². The van der Waals surface area contributed by atoms with Gasteiger partial charge in [-0.25, -0.2) is 4.68 Å². The van der Waals surface area contributed by atoms with Crippen LogP contribution in [0.1, 0.15) is 28.9 Å². The van der Waals surface area contributed by atoms with E-state index in [9.17, 15) is 9.59 Å². The van der Waals surface area contributed by atoms with E-state index in [-0.39, 0.29) is 17.7 Å². The number of halogens is 1. The fraction of sp³-hybridized carbons (Fsp3) is 0.320. The molecule has 1 aromatic heterocycles. The van der Waals surface area contributed by atoms with Gasteiger partial charge in [-0.3, -0.25) is 14.5 Å². The van der Waals surface area contributed by atoms with Crippen LogP contribution in [-0.2, 0) is 11.3 Å². The van der Waals surface area contributed by atoms with Crippen molar-refractivity contribution in [2.24, 2.45) is 5.92 Å². The molecule has 1 N–H and O–H groups in total. The maximum atomic E-state index is 13.2. The Morgan fingerprint density at radius 2 is 1.67 bits per heavy atom. The number of nitrogens with one attached hydrogen (secondary N) is 1. The molecule has 1 aliphatic heterocycles. The van der Waals surface area contributed by atoms with Crippen LogP contribution in [-0.4, -0.2) is 57.6 Å². The van der Waals surface area contributed by atoms with Gasteiger partial charge in [-0.05, 0) is 36.6 Å². The first-order chi connectivity index (χ1) is 16.1. The van der Waals surface area contributed by atoms with Crippen LogP contribution in [0.3, 0.4) is 0 Å². The molecule has 170 valence electrons. The third-order valence-corrected chi connectivity index (χ3v) is 6.51. The monoisotopic (exact) mass is 463 g/mol. The number of aromatic nitrogens is 2. The van der Waals surface area contributed by atoms with Crippen molar-refractivity contribution in [3.63, 3.8) is 0 Å². The highest BCUT2D eigenvalue weighted by atomic mass is 35.5. The summed E-state index contributed by atoms with van der Waals surface area (Å²) in [4.78, 5) is 29.8. The van der Waals surface area contributed by atoms with Crippen LogP contribution >= 0.6 is 11.6 Å². The summed E-state index contributed by atoms with van der Waals surface area (Å²) < 4.78 is 1.64. The molecule has 0 spiro atoms. The summed E-state index contributed by atoms with van der Waals surface area (Å²) in [5.41, 5.74) is 2.23. The summed E-state index contributed by atoms with van der Waals surface area (Å²) in [6.45, 7) is 3.53. The smallest absolute Gasteiger partial charge is 0.274 e. The van der Waals surface area contributed by atoms with Crippen molar-refractivity contribution >= 4 is 29.2 Å². The number of nitrogens with zero attached hydrogens (tertiary/aromatic N) is 4. The summed E-state index contributed by atoms with van der Waals surface area (Å²) >= 11 is 6.30. The van der Waals surface area contributed by atoms with Gasteiger partial charge in [0.25, 0.3) is 5.91 Å². The predicted octanol–water partition coefficient (Wildman–Crippen LogP) is 3.83. The molecule has 33 heavy (non-hydrogen) atoms. The van der Waals surface area contributed by atoms with Crippen LogP contribution < -0.4 is 5.32 Å². The van der Waals surface area contributed by atoms with Gasteiger partial charge in [0.1, 0.15) is 5.82 Å². The number of piperazine rings is 1.